The lowest BCUT2D eigenvalue weighted by atomic mass is 10.1. The van der Waals surface area contributed by atoms with Gasteiger partial charge in [-0.25, -0.2) is 9.59 Å². The van der Waals surface area contributed by atoms with Crippen molar-refractivity contribution in [1.82, 2.24) is 0 Å². The van der Waals surface area contributed by atoms with Crippen molar-refractivity contribution in [3.05, 3.63) is 51.9 Å². The van der Waals surface area contributed by atoms with Crippen molar-refractivity contribution in [1.29, 1.82) is 0 Å². The van der Waals surface area contributed by atoms with Crippen LogP contribution in [-0.4, -0.2) is 30.1 Å². The maximum Gasteiger partial charge on any atom is 0.348 e. The molecule has 29 heavy (non-hydrogen) atoms. The predicted octanol–water partition coefficient (Wildman–Crippen LogP) is 4.76. The Balaban J connectivity index is 2.24. The predicted molar refractivity (Wildman–Crippen MR) is 114 cm³/mol. The normalized spacial score (nSPS) is 10.9. The van der Waals surface area contributed by atoms with E-state index in [1.165, 1.54) is 0 Å². The number of ether oxygens (including phenoxy) is 2. The molecule has 1 N–H and O–H groups in total. The Kier molecular flexibility index (Phi) is 7.96. The number of esters is 2. The lowest BCUT2D eigenvalue weighted by Gasteiger charge is -2.10. The van der Waals surface area contributed by atoms with Crippen LogP contribution in [0.3, 0.4) is 0 Å². The minimum absolute atomic E-state index is 0.201. The Morgan fingerprint density at radius 3 is 2.14 bits per heavy atom. The topological polar surface area (TPSA) is 81.7 Å². The van der Waals surface area contributed by atoms with E-state index < -0.39 is 11.9 Å². The first-order valence-corrected chi connectivity index (χ1v) is 10.4. The smallest absolute Gasteiger partial charge is 0.348 e. The number of benzene rings is 1. The summed E-state index contributed by atoms with van der Waals surface area (Å²) < 4.78 is 10.6. The van der Waals surface area contributed by atoms with Crippen molar-refractivity contribution in [3.63, 3.8) is 0 Å². The quantitative estimate of drug-likeness (QED) is 0.626. The van der Waals surface area contributed by atoms with E-state index in [9.17, 15) is 14.4 Å². The van der Waals surface area contributed by atoms with Crippen molar-refractivity contribution in [2.45, 2.75) is 59.7 Å². The molecular formula is C22H27NO5S. The van der Waals surface area contributed by atoms with Crippen molar-refractivity contribution >= 4 is 34.2 Å². The Bertz CT molecular complexity index is 871. The first-order valence-electron chi connectivity index (χ1n) is 9.58. The van der Waals surface area contributed by atoms with Crippen LogP contribution in [0.15, 0.2) is 30.3 Å². The summed E-state index contributed by atoms with van der Waals surface area (Å²) >= 11 is 1.03. The molecule has 6 nitrogen and oxygen atoms in total. The summed E-state index contributed by atoms with van der Waals surface area (Å²) in [5.41, 5.74) is 1.70. The van der Waals surface area contributed by atoms with E-state index >= 15 is 0 Å². The molecule has 0 unspecified atom stereocenters. The van der Waals surface area contributed by atoms with Crippen molar-refractivity contribution in [3.8, 4) is 0 Å². The van der Waals surface area contributed by atoms with Crippen molar-refractivity contribution < 1.29 is 23.9 Å². The minimum Gasteiger partial charge on any atom is -0.459 e. The van der Waals surface area contributed by atoms with Crippen LogP contribution >= 0.6 is 11.3 Å². The molecule has 0 atom stereocenters. The SMILES string of the molecule is Cc1c(C(=O)OC(C)C)sc(NC(=O)CCc2ccccc2)c1C(=O)OC(C)C. The third kappa shape index (κ3) is 6.42. The number of amides is 1. The second-order valence-corrected chi connectivity index (χ2v) is 8.22. The van der Waals surface area contributed by atoms with Gasteiger partial charge in [0, 0.05) is 6.42 Å². The fourth-order valence-corrected chi connectivity index (χ4v) is 3.77. The van der Waals surface area contributed by atoms with Gasteiger partial charge in [-0.05, 0) is 52.2 Å². The van der Waals surface area contributed by atoms with Crippen LogP contribution in [0.4, 0.5) is 5.00 Å². The van der Waals surface area contributed by atoms with E-state index in [4.69, 9.17) is 9.47 Å². The summed E-state index contributed by atoms with van der Waals surface area (Å²) in [6.07, 6.45) is 0.213. The molecule has 0 aliphatic carbocycles. The second-order valence-electron chi connectivity index (χ2n) is 7.20. The molecule has 0 spiro atoms. The first kappa shape index (κ1) is 22.6. The number of nitrogens with one attached hydrogen (secondary N) is 1. The van der Waals surface area contributed by atoms with Gasteiger partial charge in [0.05, 0.1) is 17.8 Å². The number of carbonyl (C=O) groups is 3. The number of hydrogen-bond acceptors (Lipinski definition) is 6. The molecule has 1 heterocycles. The molecule has 2 rings (SSSR count). The van der Waals surface area contributed by atoms with E-state index in [0.717, 1.165) is 16.9 Å². The lowest BCUT2D eigenvalue weighted by Crippen LogP contribution is -2.17. The highest BCUT2D eigenvalue weighted by atomic mass is 32.1. The molecular weight excluding hydrogens is 390 g/mol. The van der Waals surface area contributed by atoms with Gasteiger partial charge in [-0.2, -0.15) is 0 Å². The van der Waals surface area contributed by atoms with Crippen LogP contribution in [0.1, 0.15) is 65.3 Å². The summed E-state index contributed by atoms with van der Waals surface area (Å²) in [6.45, 7) is 8.64. The monoisotopic (exact) mass is 417 g/mol. The van der Waals surface area contributed by atoms with E-state index in [2.05, 4.69) is 5.32 Å². The molecule has 1 aromatic heterocycles. The van der Waals surface area contributed by atoms with Gasteiger partial charge in [0.25, 0.3) is 0 Å². The molecule has 156 valence electrons. The van der Waals surface area contributed by atoms with Gasteiger partial charge >= 0.3 is 11.9 Å². The maximum atomic E-state index is 12.6. The van der Waals surface area contributed by atoms with Crippen LogP contribution in [0.2, 0.25) is 0 Å². The third-order valence-electron chi connectivity index (χ3n) is 3.96. The van der Waals surface area contributed by atoms with Gasteiger partial charge in [0.1, 0.15) is 9.88 Å². The third-order valence-corrected chi connectivity index (χ3v) is 5.15. The standard InChI is InChI=1S/C22H27NO5S/c1-13(2)27-21(25)18-15(5)19(22(26)28-14(3)4)29-20(18)23-17(24)12-11-16-9-7-6-8-10-16/h6-10,13-14H,11-12H2,1-5H3,(H,23,24). The molecule has 0 radical (unpaired) electrons. The number of anilines is 1. The fraction of sp³-hybridized carbons (Fsp3) is 0.409. The molecule has 1 aromatic carbocycles. The van der Waals surface area contributed by atoms with Gasteiger partial charge in [-0.15, -0.1) is 11.3 Å². The zero-order chi connectivity index (χ0) is 21.6. The highest BCUT2D eigenvalue weighted by molar-refractivity contribution is 7.18. The fourth-order valence-electron chi connectivity index (χ4n) is 2.67. The number of hydrogen-bond donors (Lipinski definition) is 1. The van der Waals surface area contributed by atoms with Crippen molar-refractivity contribution in [2.24, 2.45) is 0 Å². The molecule has 0 fully saturated rings. The zero-order valence-corrected chi connectivity index (χ0v) is 18.2. The number of thiophene rings is 1. The van der Waals surface area contributed by atoms with Crippen molar-refractivity contribution in [2.75, 3.05) is 5.32 Å². The molecule has 0 aliphatic heterocycles. The average molecular weight is 418 g/mol. The van der Waals surface area contributed by atoms with Crippen LogP contribution in [0, 0.1) is 6.92 Å². The largest absolute Gasteiger partial charge is 0.459 e. The maximum absolute atomic E-state index is 12.6. The van der Waals surface area contributed by atoms with Gasteiger partial charge in [0.15, 0.2) is 0 Å². The lowest BCUT2D eigenvalue weighted by molar-refractivity contribution is -0.116. The number of carbonyl (C=O) groups excluding carboxylic acids is 3. The Morgan fingerprint density at radius 1 is 0.966 bits per heavy atom. The average Bonchev–Trinajstić information content (AvgIpc) is 2.96. The summed E-state index contributed by atoms with van der Waals surface area (Å²) in [7, 11) is 0. The minimum atomic E-state index is -0.573. The van der Waals surface area contributed by atoms with Gasteiger partial charge in [-0.3, -0.25) is 4.79 Å². The summed E-state index contributed by atoms with van der Waals surface area (Å²) in [5, 5.41) is 3.08. The highest BCUT2D eigenvalue weighted by Gasteiger charge is 2.28. The Morgan fingerprint density at radius 2 is 1.55 bits per heavy atom. The molecule has 0 bridgehead atoms. The van der Waals surface area contributed by atoms with Crippen LogP contribution < -0.4 is 5.32 Å². The van der Waals surface area contributed by atoms with Gasteiger partial charge in [-0.1, -0.05) is 30.3 Å². The summed E-state index contributed by atoms with van der Waals surface area (Å²) in [6, 6.07) is 9.66. The van der Waals surface area contributed by atoms with Gasteiger partial charge in [0.2, 0.25) is 5.91 Å². The molecule has 0 saturated heterocycles. The summed E-state index contributed by atoms with van der Waals surface area (Å²) in [4.78, 5) is 37.8. The van der Waals surface area contributed by atoms with E-state index in [1.807, 2.05) is 30.3 Å². The van der Waals surface area contributed by atoms with Crippen LogP contribution in [-0.2, 0) is 20.7 Å². The van der Waals surface area contributed by atoms with Crippen LogP contribution in [0.5, 0.6) is 0 Å². The zero-order valence-electron chi connectivity index (χ0n) is 17.4. The Labute approximate surface area is 175 Å². The first-order chi connectivity index (χ1) is 13.7. The highest BCUT2D eigenvalue weighted by Crippen LogP contribution is 2.35. The molecule has 0 saturated carbocycles. The number of rotatable bonds is 8. The molecule has 2 aromatic rings. The number of aryl methyl sites for hydroxylation is 1. The van der Waals surface area contributed by atoms with Crippen LogP contribution in [0.25, 0.3) is 0 Å². The summed E-state index contributed by atoms with van der Waals surface area (Å²) in [5.74, 6) is -1.33. The van der Waals surface area contributed by atoms with E-state index in [1.54, 1.807) is 34.6 Å². The second kappa shape index (κ2) is 10.2. The molecule has 1 amide bonds. The van der Waals surface area contributed by atoms with E-state index in [0.29, 0.717) is 17.0 Å². The van der Waals surface area contributed by atoms with E-state index in [-0.39, 0.29) is 35.0 Å². The Hall–Kier alpha value is -2.67. The van der Waals surface area contributed by atoms with Gasteiger partial charge < -0.3 is 14.8 Å². The molecule has 0 aliphatic rings. The molecule has 7 heteroatoms.